The number of carbonyl (C=O) groups excluding carboxylic acids is 1. The van der Waals surface area contributed by atoms with E-state index >= 15 is 0 Å². The minimum absolute atomic E-state index is 0.319. The van der Waals surface area contributed by atoms with E-state index in [4.69, 9.17) is 11.6 Å². The predicted octanol–water partition coefficient (Wildman–Crippen LogP) is 4.30. The highest BCUT2D eigenvalue weighted by atomic mass is 35.5. The van der Waals surface area contributed by atoms with Crippen molar-refractivity contribution in [3.63, 3.8) is 0 Å². The zero-order valence-electron chi connectivity index (χ0n) is 13.7. The summed E-state index contributed by atoms with van der Waals surface area (Å²) in [6.07, 6.45) is 0. The number of hydrogen-bond acceptors (Lipinski definition) is 4. The molecule has 2 aromatic carbocycles. The van der Waals surface area contributed by atoms with Crippen LogP contribution in [-0.4, -0.2) is 16.1 Å². The van der Waals surface area contributed by atoms with Crippen LogP contribution in [-0.2, 0) is 6.54 Å². The van der Waals surface area contributed by atoms with Crippen molar-refractivity contribution in [2.45, 2.75) is 13.5 Å². The number of aryl methyl sites for hydroxylation is 1. The van der Waals surface area contributed by atoms with E-state index in [0.29, 0.717) is 28.8 Å². The largest absolute Gasteiger partial charge is 0.365 e. The lowest BCUT2D eigenvalue weighted by molar-refractivity contribution is 0.102. The number of amides is 1. The Morgan fingerprint density at radius 1 is 1.00 bits per heavy atom. The molecule has 0 saturated carbocycles. The van der Waals surface area contributed by atoms with Gasteiger partial charge in [0.2, 0.25) is 0 Å². The fraction of sp³-hybridized carbons (Fsp3) is 0.105. The molecule has 0 bridgehead atoms. The van der Waals surface area contributed by atoms with Crippen LogP contribution in [0.4, 0.5) is 11.6 Å². The van der Waals surface area contributed by atoms with Crippen LogP contribution in [0.2, 0.25) is 5.02 Å². The number of rotatable bonds is 5. The molecule has 1 heterocycles. The minimum atomic E-state index is -0.319. The van der Waals surface area contributed by atoms with Gasteiger partial charge in [-0.2, -0.15) is 0 Å². The number of nitrogens with zero attached hydrogens (tertiary/aromatic N) is 2. The zero-order valence-corrected chi connectivity index (χ0v) is 14.4. The lowest BCUT2D eigenvalue weighted by Crippen LogP contribution is -2.14. The Morgan fingerprint density at radius 2 is 1.76 bits per heavy atom. The summed E-state index contributed by atoms with van der Waals surface area (Å²) in [5.41, 5.74) is 2.77. The van der Waals surface area contributed by atoms with Crippen molar-refractivity contribution in [2.75, 3.05) is 10.6 Å². The normalized spacial score (nSPS) is 10.3. The third kappa shape index (κ3) is 4.55. The molecule has 2 N–H and O–H groups in total. The van der Waals surface area contributed by atoms with Gasteiger partial charge in [-0.3, -0.25) is 4.79 Å². The van der Waals surface area contributed by atoms with E-state index in [2.05, 4.69) is 39.9 Å². The van der Waals surface area contributed by atoms with Crippen LogP contribution in [0.3, 0.4) is 0 Å². The molecule has 5 nitrogen and oxygen atoms in total. The summed E-state index contributed by atoms with van der Waals surface area (Å²) in [4.78, 5) is 12.2. The highest BCUT2D eigenvalue weighted by Crippen LogP contribution is 2.16. The van der Waals surface area contributed by atoms with Crippen LogP contribution >= 0.6 is 11.6 Å². The quantitative estimate of drug-likeness (QED) is 0.718. The number of benzene rings is 2. The molecular weight excluding hydrogens is 336 g/mol. The summed E-state index contributed by atoms with van der Waals surface area (Å²) < 4.78 is 0. The van der Waals surface area contributed by atoms with Gasteiger partial charge in [-0.05, 0) is 36.8 Å². The molecule has 1 amide bonds. The molecule has 126 valence electrons. The van der Waals surface area contributed by atoms with Gasteiger partial charge in [-0.15, -0.1) is 10.2 Å². The van der Waals surface area contributed by atoms with Gasteiger partial charge in [-0.1, -0.05) is 53.6 Å². The van der Waals surface area contributed by atoms with Gasteiger partial charge in [0.25, 0.3) is 5.91 Å². The van der Waals surface area contributed by atoms with Gasteiger partial charge >= 0.3 is 0 Å². The van der Waals surface area contributed by atoms with Crippen LogP contribution < -0.4 is 10.6 Å². The van der Waals surface area contributed by atoms with Crippen molar-refractivity contribution in [1.29, 1.82) is 0 Å². The van der Waals surface area contributed by atoms with Crippen LogP contribution in [0.1, 0.15) is 21.5 Å². The lowest BCUT2D eigenvalue weighted by Gasteiger charge is -2.08. The van der Waals surface area contributed by atoms with Crippen molar-refractivity contribution in [2.24, 2.45) is 0 Å². The van der Waals surface area contributed by atoms with E-state index in [-0.39, 0.29) is 5.91 Å². The third-order valence-electron chi connectivity index (χ3n) is 3.58. The average molecular weight is 353 g/mol. The van der Waals surface area contributed by atoms with E-state index in [1.165, 1.54) is 5.56 Å². The first-order valence-electron chi connectivity index (χ1n) is 7.81. The van der Waals surface area contributed by atoms with Crippen molar-refractivity contribution < 1.29 is 4.79 Å². The maximum Gasteiger partial charge on any atom is 0.258 e. The lowest BCUT2D eigenvalue weighted by atomic mass is 10.1. The Hall–Kier alpha value is -2.92. The molecule has 6 heteroatoms. The maximum atomic E-state index is 12.2. The molecule has 3 rings (SSSR count). The van der Waals surface area contributed by atoms with E-state index < -0.39 is 0 Å². The summed E-state index contributed by atoms with van der Waals surface area (Å²) in [5, 5.41) is 14.4. The smallest absolute Gasteiger partial charge is 0.258 e. The van der Waals surface area contributed by atoms with Gasteiger partial charge in [0.1, 0.15) is 5.82 Å². The summed E-state index contributed by atoms with van der Waals surface area (Å²) in [6, 6.07) is 18.5. The first-order chi connectivity index (χ1) is 12.1. The fourth-order valence-electron chi connectivity index (χ4n) is 2.34. The maximum absolute atomic E-state index is 12.2. The predicted molar refractivity (Wildman–Crippen MR) is 99.9 cm³/mol. The number of aromatic nitrogens is 2. The Bertz CT molecular complexity index is 881. The van der Waals surface area contributed by atoms with Crippen molar-refractivity contribution in [1.82, 2.24) is 10.2 Å². The first-order valence-corrected chi connectivity index (χ1v) is 8.18. The number of hydrogen-bond donors (Lipinski definition) is 2. The topological polar surface area (TPSA) is 66.9 Å². The summed E-state index contributed by atoms with van der Waals surface area (Å²) in [6.45, 7) is 2.71. The van der Waals surface area contributed by atoms with Crippen LogP contribution in [0.15, 0.2) is 60.7 Å². The first kappa shape index (κ1) is 16.9. The fourth-order valence-corrected chi connectivity index (χ4v) is 2.56. The molecule has 0 spiro atoms. The second-order valence-electron chi connectivity index (χ2n) is 5.58. The molecule has 3 aromatic rings. The Morgan fingerprint density at radius 3 is 2.48 bits per heavy atom. The van der Waals surface area contributed by atoms with Gasteiger partial charge in [0, 0.05) is 6.54 Å². The standard InChI is InChI=1S/C19H17ClN4O/c1-13-5-4-6-14(11-13)12-21-17-9-10-18(24-23-17)22-19(25)15-7-2-3-8-16(15)20/h2-11H,12H2,1H3,(H,21,23)(H,22,24,25). The summed E-state index contributed by atoms with van der Waals surface area (Å²) in [7, 11) is 0. The molecular formula is C19H17ClN4O. The van der Waals surface area contributed by atoms with E-state index in [9.17, 15) is 4.79 Å². The van der Waals surface area contributed by atoms with Crippen molar-refractivity contribution in [3.8, 4) is 0 Å². The highest BCUT2D eigenvalue weighted by Gasteiger charge is 2.10. The molecule has 0 fully saturated rings. The van der Waals surface area contributed by atoms with Gasteiger partial charge < -0.3 is 10.6 Å². The molecule has 0 radical (unpaired) electrons. The van der Waals surface area contributed by atoms with Gasteiger partial charge in [0.05, 0.1) is 10.6 Å². The number of anilines is 2. The molecule has 0 atom stereocenters. The SMILES string of the molecule is Cc1cccc(CNc2ccc(NC(=O)c3ccccc3Cl)nn2)c1. The zero-order chi connectivity index (χ0) is 17.6. The van der Waals surface area contributed by atoms with Crippen molar-refractivity contribution in [3.05, 3.63) is 82.4 Å². The third-order valence-corrected chi connectivity index (χ3v) is 3.91. The van der Waals surface area contributed by atoms with E-state index in [1.54, 1.807) is 36.4 Å². The van der Waals surface area contributed by atoms with E-state index in [0.717, 1.165) is 5.56 Å². The Kier molecular flexibility index (Phi) is 5.26. The van der Waals surface area contributed by atoms with Crippen LogP contribution in [0, 0.1) is 6.92 Å². The molecule has 0 aliphatic heterocycles. The molecule has 25 heavy (non-hydrogen) atoms. The van der Waals surface area contributed by atoms with Crippen LogP contribution in [0.5, 0.6) is 0 Å². The number of carbonyl (C=O) groups is 1. The summed E-state index contributed by atoms with van der Waals surface area (Å²) >= 11 is 6.01. The number of nitrogens with one attached hydrogen (secondary N) is 2. The molecule has 1 aromatic heterocycles. The molecule has 0 unspecified atom stereocenters. The minimum Gasteiger partial charge on any atom is -0.365 e. The Balaban J connectivity index is 1.60. The molecule has 0 aliphatic carbocycles. The van der Waals surface area contributed by atoms with Gasteiger partial charge in [-0.25, -0.2) is 0 Å². The average Bonchev–Trinajstić information content (AvgIpc) is 2.61. The highest BCUT2D eigenvalue weighted by molar-refractivity contribution is 6.34. The van der Waals surface area contributed by atoms with E-state index in [1.807, 2.05) is 12.1 Å². The van der Waals surface area contributed by atoms with Gasteiger partial charge in [0.15, 0.2) is 5.82 Å². The Labute approximate surface area is 151 Å². The second-order valence-corrected chi connectivity index (χ2v) is 5.99. The molecule has 0 aliphatic rings. The number of halogens is 1. The monoisotopic (exact) mass is 352 g/mol. The second kappa shape index (κ2) is 7.77. The van der Waals surface area contributed by atoms with Crippen LogP contribution in [0.25, 0.3) is 0 Å². The summed E-state index contributed by atoms with van der Waals surface area (Å²) in [5.74, 6) is 0.684. The van der Waals surface area contributed by atoms with Crippen molar-refractivity contribution >= 4 is 29.1 Å². The molecule has 0 saturated heterocycles.